The summed E-state index contributed by atoms with van der Waals surface area (Å²) < 4.78 is 5.59. The molecule has 3 aromatic rings. The van der Waals surface area contributed by atoms with Gasteiger partial charge in [0.25, 0.3) is 5.91 Å². The van der Waals surface area contributed by atoms with E-state index in [1.807, 2.05) is 12.1 Å². The minimum absolute atomic E-state index is 0.0225. The smallest absolute Gasteiger partial charge is 0.252 e. The van der Waals surface area contributed by atoms with Crippen LogP contribution in [0, 0.1) is 0 Å². The van der Waals surface area contributed by atoms with Gasteiger partial charge in [-0.15, -0.1) is 0 Å². The number of carbonyl (C=O) groups is 1. The molecule has 0 radical (unpaired) electrons. The number of nitrogens with two attached hydrogens (primary N) is 1. The van der Waals surface area contributed by atoms with Gasteiger partial charge in [-0.2, -0.15) is 0 Å². The third-order valence-electron chi connectivity index (χ3n) is 5.81. The molecular formula is C28H35N3O4. The number of amides is 1. The van der Waals surface area contributed by atoms with Crippen LogP contribution in [0.25, 0.3) is 0 Å². The molecule has 1 unspecified atom stereocenters. The molecule has 7 nitrogen and oxygen atoms in total. The van der Waals surface area contributed by atoms with Crippen molar-refractivity contribution in [3.63, 3.8) is 0 Å². The number of hydrogen-bond donors (Lipinski definition) is 4. The summed E-state index contributed by atoms with van der Waals surface area (Å²) in [7, 11) is 2.11. The number of carbonyl (C=O) groups excluding carboxylic acids is 1. The van der Waals surface area contributed by atoms with Crippen LogP contribution in [-0.4, -0.2) is 59.4 Å². The van der Waals surface area contributed by atoms with Crippen molar-refractivity contribution in [2.75, 3.05) is 26.7 Å². The lowest BCUT2D eigenvalue weighted by atomic mass is 9.95. The first kappa shape index (κ1) is 26.2. The summed E-state index contributed by atoms with van der Waals surface area (Å²) in [5.74, 6) is -0.601. The maximum atomic E-state index is 11.4. The first-order valence-electron chi connectivity index (χ1n) is 11.6. The zero-order valence-corrected chi connectivity index (χ0v) is 20.5. The fourth-order valence-corrected chi connectivity index (χ4v) is 4.19. The molecule has 1 atom stereocenters. The molecule has 3 rings (SSSR count). The monoisotopic (exact) mass is 477 g/mol. The van der Waals surface area contributed by atoms with Gasteiger partial charge in [0, 0.05) is 18.6 Å². The molecule has 3 aromatic carbocycles. The van der Waals surface area contributed by atoms with Crippen LogP contribution in [0.5, 0.6) is 11.5 Å². The third-order valence-corrected chi connectivity index (χ3v) is 5.81. The summed E-state index contributed by atoms with van der Waals surface area (Å²) in [4.78, 5) is 13.7. The van der Waals surface area contributed by atoms with Gasteiger partial charge in [-0.25, -0.2) is 0 Å². The Labute approximate surface area is 207 Å². The van der Waals surface area contributed by atoms with Gasteiger partial charge >= 0.3 is 0 Å². The van der Waals surface area contributed by atoms with Crippen molar-refractivity contribution < 1.29 is 19.7 Å². The Hall–Kier alpha value is -3.39. The Morgan fingerprint density at radius 1 is 1.03 bits per heavy atom. The van der Waals surface area contributed by atoms with Crippen LogP contribution >= 0.6 is 0 Å². The Morgan fingerprint density at radius 3 is 2.14 bits per heavy atom. The van der Waals surface area contributed by atoms with E-state index in [-0.39, 0.29) is 29.5 Å². The fraction of sp³-hybridized carbons (Fsp3) is 0.321. The Morgan fingerprint density at radius 2 is 1.60 bits per heavy atom. The highest BCUT2D eigenvalue weighted by molar-refractivity contribution is 5.95. The largest absolute Gasteiger partial charge is 0.507 e. The number of phenols is 1. The first-order chi connectivity index (χ1) is 16.7. The predicted octanol–water partition coefficient (Wildman–Crippen LogP) is 3.32. The lowest BCUT2D eigenvalue weighted by molar-refractivity contribution is 0.0932. The molecule has 0 aliphatic rings. The molecule has 0 saturated heterocycles. The molecule has 1 amide bonds. The lowest BCUT2D eigenvalue weighted by Gasteiger charge is -2.37. The summed E-state index contributed by atoms with van der Waals surface area (Å²) in [6.45, 7) is 5.28. The molecule has 35 heavy (non-hydrogen) atoms. The maximum Gasteiger partial charge on any atom is 0.252 e. The molecule has 0 saturated carbocycles. The van der Waals surface area contributed by atoms with Crippen molar-refractivity contribution in [1.29, 1.82) is 0 Å². The van der Waals surface area contributed by atoms with Gasteiger partial charge in [0.1, 0.15) is 24.2 Å². The molecule has 0 bridgehead atoms. The number of aliphatic hydroxyl groups excluding tert-OH is 1. The van der Waals surface area contributed by atoms with Crippen LogP contribution in [0.15, 0.2) is 78.9 Å². The number of rotatable bonds is 12. The molecule has 0 fully saturated rings. The maximum absolute atomic E-state index is 11.4. The van der Waals surface area contributed by atoms with Crippen molar-refractivity contribution in [1.82, 2.24) is 10.2 Å². The van der Waals surface area contributed by atoms with Gasteiger partial charge in [0.2, 0.25) is 0 Å². The number of β-amino-alcohol motifs (C(OH)–C–C–N with tert-alkyl or cyclic N) is 1. The average molecular weight is 478 g/mol. The second-order valence-corrected chi connectivity index (χ2v) is 9.41. The topological polar surface area (TPSA) is 108 Å². The second-order valence-electron chi connectivity index (χ2n) is 9.41. The van der Waals surface area contributed by atoms with Crippen LogP contribution in [0.1, 0.15) is 41.4 Å². The molecule has 0 heterocycles. The van der Waals surface area contributed by atoms with Gasteiger partial charge in [-0.05, 0) is 50.2 Å². The van der Waals surface area contributed by atoms with Gasteiger partial charge < -0.3 is 26.0 Å². The van der Waals surface area contributed by atoms with E-state index in [4.69, 9.17) is 10.5 Å². The van der Waals surface area contributed by atoms with Gasteiger partial charge in [-0.3, -0.25) is 9.69 Å². The van der Waals surface area contributed by atoms with E-state index in [9.17, 15) is 15.0 Å². The van der Waals surface area contributed by atoms with Crippen molar-refractivity contribution in [3.05, 3.63) is 95.6 Å². The van der Waals surface area contributed by atoms with Crippen LogP contribution in [0.4, 0.5) is 0 Å². The molecule has 7 heteroatoms. The highest BCUT2D eigenvalue weighted by Crippen LogP contribution is 2.28. The van der Waals surface area contributed by atoms with Crippen molar-refractivity contribution in [2.24, 2.45) is 5.73 Å². The normalized spacial score (nSPS) is 12.6. The minimum Gasteiger partial charge on any atom is -0.507 e. The van der Waals surface area contributed by atoms with Crippen LogP contribution in [0.2, 0.25) is 0 Å². The van der Waals surface area contributed by atoms with Crippen molar-refractivity contribution in [3.8, 4) is 11.5 Å². The standard InChI is InChI=1S/C28H35N3O4/c1-28(2,30-17-22(32)18-35-23-14-15-25(33)24(16-23)27(29)34)19-31(3)26(20-10-6-4-7-11-20)21-12-8-5-9-13-21/h4-16,22,26,30,32-33H,17-19H2,1-3H3,(H2,29,34). The highest BCUT2D eigenvalue weighted by Gasteiger charge is 2.26. The Bertz CT molecular complexity index is 1050. The number of nitrogens with one attached hydrogen (secondary N) is 1. The van der Waals surface area contributed by atoms with E-state index < -0.39 is 12.0 Å². The fourth-order valence-electron chi connectivity index (χ4n) is 4.19. The van der Waals surface area contributed by atoms with E-state index in [1.165, 1.54) is 29.3 Å². The summed E-state index contributed by atoms with van der Waals surface area (Å²) in [6.07, 6.45) is -0.774. The van der Waals surface area contributed by atoms with E-state index in [0.717, 1.165) is 6.54 Å². The summed E-state index contributed by atoms with van der Waals surface area (Å²) in [5.41, 5.74) is 7.37. The number of benzene rings is 3. The molecule has 0 aliphatic carbocycles. The summed E-state index contributed by atoms with van der Waals surface area (Å²) in [6, 6.07) is 25.2. The SMILES string of the molecule is CN(CC(C)(C)NCC(O)COc1ccc(O)c(C(N)=O)c1)C(c1ccccc1)c1ccccc1. The zero-order chi connectivity index (χ0) is 25.4. The van der Waals surface area contributed by atoms with Crippen molar-refractivity contribution in [2.45, 2.75) is 31.5 Å². The van der Waals surface area contributed by atoms with E-state index in [2.05, 4.69) is 79.6 Å². The van der Waals surface area contributed by atoms with Crippen LogP contribution in [-0.2, 0) is 0 Å². The second kappa shape index (κ2) is 11.8. The van der Waals surface area contributed by atoms with E-state index in [0.29, 0.717) is 12.3 Å². The number of aliphatic hydroxyl groups is 1. The Balaban J connectivity index is 1.58. The summed E-state index contributed by atoms with van der Waals surface area (Å²) in [5, 5.41) is 23.6. The molecule has 0 spiro atoms. The Kier molecular flexibility index (Phi) is 8.87. The number of aromatic hydroxyl groups is 1. The summed E-state index contributed by atoms with van der Waals surface area (Å²) >= 11 is 0. The number of nitrogens with zero attached hydrogens (tertiary/aromatic N) is 1. The number of hydrogen-bond acceptors (Lipinski definition) is 6. The number of likely N-dealkylation sites (N-methyl/N-ethyl adjacent to an activating group) is 1. The predicted molar refractivity (Wildman–Crippen MR) is 138 cm³/mol. The van der Waals surface area contributed by atoms with E-state index in [1.54, 1.807) is 0 Å². The number of primary amides is 1. The quantitative estimate of drug-likeness (QED) is 0.319. The number of ether oxygens (including phenoxy) is 1. The minimum atomic E-state index is -0.774. The molecule has 5 N–H and O–H groups in total. The van der Waals surface area contributed by atoms with Crippen molar-refractivity contribution >= 4 is 5.91 Å². The average Bonchev–Trinajstić information content (AvgIpc) is 2.83. The van der Waals surface area contributed by atoms with E-state index >= 15 is 0 Å². The van der Waals surface area contributed by atoms with Gasteiger partial charge in [0.15, 0.2) is 0 Å². The lowest BCUT2D eigenvalue weighted by Crippen LogP contribution is -2.51. The van der Waals surface area contributed by atoms with Crippen LogP contribution in [0.3, 0.4) is 0 Å². The molecule has 0 aromatic heterocycles. The van der Waals surface area contributed by atoms with Crippen LogP contribution < -0.4 is 15.8 Å². The molecule has 0 aliphatic heterocycles. The molecular weight excluding hydrogens is 442 g/mol. The zero-order valence-electron chi connectivity index (χ0n) is 20.5. The van der Waals surface area contributed by atoms with Gasteiger partial charge in [-0.1, -0.05) is 60.7 Å². The molecule has 186 valence electrons. The first-order valence-corrected chi connectivity index (χ1v) is 11.6. The van der Waals surface area contributed by atoms with Gasteiger partial charge in [0.05, 0.1) is 11.6 Å². The highest BCUT2D eigenvalue weighted by atomic mass is 16.5. The third kappa shape index (κ3) is 7.55.